The molecule has 4 rings (SSSR count). The van der Waals surface area contributed by atoms with Gasteiger partial charge in [-0.15, -0.1) is 5.10 Å². The van der Waals surface area contributed by atoms with Crippen LogP contribution in [0.3, 0.4) is 0 Å². The molecule has 0 saturated heterocycles. The molecule has 26 heavy (non-hydrogen) atoms. The molecule has 0 aliphatic rings. The average molecular weight is 347 g/mol. The van der Waals surface area contributed by atoms with E-state index in [-0.39, 0.29) is 18.3 Å². The minimum Gasteiger partial charge on any atom is -0.464 e. The minimum atomic E-state index is -0.211. The van der Waals surface area contributed by atoms with E-state index in [0.717, 1.165) is 27.7 Å². The van der Waals surface area contributed by atoms with Crippen LogP contribution >= 0.6 is 0 Å². The molecular weight excluding hydrogens is 330 g/mol. The number of hydrogen-bond donors (Lipinski definition) is 2. The number of hydrogen-bond acceptors (Lipinski definition) is 5. The Balaban J connectivity index is 1.50. The number of carbonyl (C=O) groups excluding carboxylic acids is 1. The van der Waals surface area contributed by atoms with Gasteiger partial charge < -0.3 is 4.42 Å². The van der Waals surface area contributed by atoms with E-state index < -0.39 is 0 Å². The molecular formula is C19H17N5O2. The van der Waals surface area contributed by atoms with Crippen LogP contribution in [-0.2, 0) is 11.2 Å². The first-order valence-electron chi connectivity index (χ1n) is 8.22. The zero-order valence-corrected chi connectivity index (χ0v) is 14.4. The van der Waals surface area contributed by atoms with E-state index in [0.29, 0.717) is 11.5 Å². The molecule has 0 saturated carbocycles. The highest BCUT2D eigenvalue weighted by atomic mass is 16.3. The predicted molar refractivity (Wildman–Crippen MR) is 97.6 cm³/mol. The van der Waals surface area contributed by atoms with Crippen LogP contribution in [0.15, 0.2) is 47.2 Å². The molecule has 0 aliphatic carbocycles. The summed E-state index contributed by atoms with van der Waals surface area (Å²) in [5.41, 5.74) is 4.56. The van der Waals surface area contributed by atoms with E-state index in [1.807, 2.05) is 44.2 Å². The zero-order chi connectivity index (χ0) is 18.1. The number of aromatic nitrogens is 4. The van der Waals surface area contributed by atoms with Crippen molar-refractivity contribution < 1.29 is 9.21 Å². The Kier molecular flexibility index (Phi) is 3.96. The highest BCUT2D eigenvalue weighted by molar-refractivity contribution is 5.95. The summed E-state index contributed by atoms with van der Waals surface area (Å²) < 4.78 is 5.65. The van der Waals surface area contributed by atoms with Crippen LogP contribution in [0, 0.1) is 13.8 Å². The van der Waals surface area contributed by atoms with Gasteiger partial charge in [0.1, 0.15) is 11.3 Å². The second-order valence-electron chi connectivity index (χ2n) is 6.09. The van der Waals surface area contributed by atoms with Gasteiger partial charge in [0.2, 0.25) is 11.9 Å². The lowest BCUT2D eigenvalue weighted by Crippen LogP contribution is -2.15. The van der Waals surface area contributed by atoms with Gasteiger partial charge in [0.05, 0.1) is 12.7 Å². The number of nitrogens with one attached hydrogen (secondary N) is 2. The number of amides is 1. The molecule has 1 aromatic carbocycles. The fourth-order valence-corrected chi connectivity index (χ4v) is 2.80. The van der Waals surface area contributed by atoms with Gasteiger partial charge in [0.15, 0.2) is 5.82 Å². The van der Waals surface area contributed by atoms with Gasteiger partial charge in [-0.05, 0) is 37.1 Å². The van der Waals surface area contributed by atoms with Crippen LogP contribution in [0.5, 0.6) is 0 Å². The Morgan fingerprint density at radius 1 is 1.23 bits per heavy atom. The Labute approximate surface area is 149 Å². The molecule has 0 atom stereocenters. The molecule has 7 heteroatoms. The first-order chi connectivity index (χ1) is 12.6. The number of carbonyl (C=O) groups is 1. The van der Waals surface area contributed by atoms with Crippen molar-refractivity contribution in [3.63, 3.8) is 0 Å². The predicted octanol–water partition coefficient (Wildman–Crippen LogP) is 3.41. The highest BCUT2D eigenvalue weighted by Crippen LogP contribution is 2.27. The lowest BCUT2D eigenvalue weighted by Gasteiger charge is -2.02. The fraction of sp³-hybridized carbons (Fsp3) is 0.158. The maximum absolute atomic E-state index is 12.4. The van der Waals surface area contributed by atoms with Crippen molar-refractivity contribution in [2.24, 2.45) is 0 Å². The molecule has 7 nitrogen and oxygen atoms in total. The zero-order valence-electron chi connectivity index (χ0n) is 14.4. The van der Waals surface area contributed by atoms with Crippen molar-refractivity contribution >= 4 is 22.8 Å². The Morgan fingerprint density at radius 3 is 2.92 bits per heavy atom. The van der Waals surface area contributed by atoms with Crippen molar-refractivity contribution in [2.75, 3.05) is 5.32 Å². The van der Waals surface area contributed by atoms with E-state index >= 15 is 0 Å². The molecule has 0 unspecified atom stereocenters. The summed E-state index contributed by atoms with van der Waals surface area (Å²) in [6.45, 7) is 4.05. The van der Waals surface area contributed by atoms with E-state index in [1.54, 1.807) is 12.5 Å². The maximum atomic E-state index is 12.4. The largest absolute Gasteiger partial charge is 0.464 e. The molecule has 0 aliphatic heterocycles. The number of aromatic amines is 1. The lowest BCUT2D eigenvalue weighted by molar-refractivity contribution is -0.115. The average Bonchev–Trinajstić information content (AvgIpc) is 3.27. The summed E-state index contributed by atoms with van der Waals surface area (Å²) in [7, 11) is 0. The monoisotopic (exact) mass is 347 g/mol. The molecule has 0 spiro atoms. The lowest BCUT2D eigenvalue weighted by atomic mass is 10.0. The summed E-state index contributed by atoms with van der Waals surface area (Å²) in [6, 6.07) is 9.50. The molecule has 3 aromatic heterocycles. The summed E-state index contributed by atoms with van der Waals surface area (Å²) in [5.74, 6) is 0.508. The van der Waals surface area contributed by atoms with Crippen molar-refractivity contribution in [1.82, 2.24) is 20.2 Å². The summed E-state index contributed by atoms with van der Waals surface area (Å²) in [6.07, 6.45) is 3.49. The molecule has 4 aromatic rings. The van der Waals surface area contributed by atoms with Crippen molar-refractivity contribution in [1.29, 1.82) is 0 Å². The van der Waals surface area contributed by atoms with Gasteiger partial charge >= 0.3 is 0 Å². The number of nitrogens with zero attached hydrogens (tertiary/aromatic N) is 3. The normalized spacial score (nSPS) is 11.0. The second kappa shape index (κ2) is 6.44. The van der Waals surface area contributed by atoms with Crippen LogP contribution in [0.2, 0.25) is 0 Å². The SMILES string of the molecule is Cc1ccc2c(CC(=O)Nc3n[nH]c(-c4ccccn4)n3)coc2c1C. The Hall–Kier alpha value is -3.48. The number of rotatable bonds is 4. The number of pyridine rings is 1. The van der Waals surface area contributed by atoms with Crippen LogP contribution in [0.25, 0.3) is 22.5 Å². The van der Waals surface area contributed by atoms with Gasteiger partial charge in [-0.3, -0.25) is 20.2 Å². The van der Waals surface area contributed by atoms with Gasteiger partial charge in [-0.1, -0.05) is 18.2 Å². The van der Waals surface area contributed by atoms with Crippen LogP contribution < -0.4 is 5.32 Å². The van der Waals surface area contributed by atoms with Crippen molar-refractivity contribution in [3.8, 4) is 11.5 Å². The molecule has 0 radical (unpaired) electrons. The summed E-state index contributed by atoms with van der Waals surface area (Å²) in [5, 5.41) is 10.4. The number of H-pyrrole nitrogens is 1. The van der Waals surface area contributed by atoms with E-state index in [1.165, 1.54) is 0 Å². The first-order valence-corrected chi connectivity index (χ1v) is 8.22. The smallest absolute Gasteiger partial charge is 0.249 e. The van der Waals surface area contributed by atoms with Gasteiger partial charge in [0.25, 0.3) is 0 Å². The maximum Gasteiger partial charge on any atom is 0.249 e. The number of benzene rings is 1. The van der Waals surface area contributed by atoms with Crippen LogP contribution in [-0.4, -0.2) is 26.1 Å². The summed E-state index contributed by atoms with van der Waals surface area (Å²) in [4.78, 5) is 20.8. The number of fused-ring (bicyclic) bond motifs is 1. The van der Waals surface area contributed by atoms with Crippen molar-refractivity contribution in [2.45, 2.75) is 20.3 Å². The summed E-state index contributed by atoms with van der Waals surface area (Å²) >= 11 is 0. The molecule has 130 valence electrons. The molecule has 3 heterocycles. The van der Waals surface area contributed by atoms with E-state index in [9.17, 15) is 4.79 Å². The third-order valence-corrected chi connectivity index (χ3v) is 4.34. The quantitative estimate of drug-likeness (QED) is 0.590. The molecule has 2 N–H and O–H groups in total. The number of furan rings is 1. The fourth-order valence-electron chi connectivity index (χ4n) is 2.80. The van der Waals surface area contributed by atoms with Gasteiger partial charge in [-0.2, -0.15) is 4.98 Å². The number of aryl methyl sites for hydroxylation is 2. The first kappa shape index (κ1) is 16.0. The van der Waals surface area contributed by atoms with E-state index in [2.05, 4.69) is 25.5 Å². The minimum absolute atomic E-state index is 0.183. The van der Waals surface area contributed by atoms with Gasteiger partial charge in [-0.25, -0.2) is 0 Å². The van der Waals surface area contributed by atoms with Crippen LogP contribution in [0.4, 0.5) is 5.95 Å². The molecule has 0 fully saturated rings. The van der Waals surface area contributed by atoms with E-state index in [4.69, 9.17) is 4.42 Å². The Bertz CT molecular complexity index is 1080. The molecule has 1 amide bonds. The third kappa shape index (κ3) is 2.95. The number of anilines is 1. The standard InChI is InChI=1S/C19H17N5O2/c1-11-6-7-14-13(10-26-17(14)12(11)2)9-16(25)21-19-22-18(23-24-19)15-5-3-4-8-20-15/h3-8,10H,9H2,1-2H3,(H2,21,22,23,24,25). The third-order valence-electron chi connectivity index (χ3n) is 4.34. The second-order valence-corrected chi connectivity index (χ2v) is 6.09. The molecule has 0 bridgehead atoms. The highest BCUT2D eigenvalue weighted by Gasteiger charge is 2.15. The van der Waals surface area contributed by atoms with Gasteiger partial charge in [0, 0.05) is 17.1 Å². The van der Waals surface area contributed by atoms with Crippen molar-refractivity contribution in [3.05, 3.63) is 59.5 Å². The van der Waals surface area contributed by atoms with Crippen LogP contribution in [0.1, 0.15) is 16.7 Å². The Morgan fingerprint density at radius 2 is 2.12 bits per heavy atom. The topological polar surface area (TPSA) is 96.7 Å².